The molecule has 0 saturated carbocycles. The molecule has 25 heavy (non-hydrogen) atoms. The summed E-state index contributed by atoms with van der Waals surface area (Å²) in [4.78, 5) is 13.8. The number of fused-ring (bicyclic) bond motifs is 3. The van der Waals surface area contributed by atoms with Crippen molar-refractivity contribution in [3.63, 3.8) is 0 Å². The first kappa shape index (κ1) is 17.7. The maximum atomic E-state index is 6.15. The zero-order chi connectivity index (χ0) is 17.8. The number of alkyl halides is 1. The number of hydroxylamine groups is 1. The van der Waals surface area contributed by atoms with Gasteiger partial charge in [0.15, 0.2) is 5.82 Å². The van der Waals surface area contributed by atoms with Crippen LogP contribution in [0.4, 0.5) is 5.82 Å². The van der Waals surface area contributed by atoms with E-state index in [4.69, 9.17) is 10.6 Å². The molecule has 132 valence electrons. The third-order valence-electron chi connectivity index (χ3n) is 4.24. The highest BCUT2D eigenvalue weighted by Crippen LogP contribution is 2.30. The summed E-state index contributed by atoms with van der Waals surface area (Å²) in [5.74, 6) is 0.896. The van der Waals surface area contributed by atoms with E-state index < -0.39 is 0 Å². The number of nitrogens with zero attached hydrogens (tertiary/aromatic N) is 3. The Morgan fingerprint density at radius 1 is 1.44 bits per heavy atom. The van der Waals surface area contributed by atoms with Crippen molar-refractivity contribution < 1.29 is 4.84 Å². The van der Waals surface area contributed by atoms with Crippen molar-refractivity contribution in [3.8, 4) is 0 Å². The minimum atomic E-state index is 0.423. The number of hydrogen-bond acceptors (Lipinski definition) is 5. The molecule has 7 heteroatoms. The van der Waals surface area contributed by atoms with E-state index in [-0.39, 0.29) is 0 Å². The van der Waals surface area contributed by atoms with E-state index in [1.54, 1.807) is 13.3 Å². The molecule has 0 amide bonds. The van der Waals surface area contributed by atoms with Gasteiger partial charge >= 0.3 is 0 Å². The van der Waals surface area contributed by atoms with Gasteiger partial charge in [0.1, 0.15) is 5.52 Å². The molecule has 6 nitrogen and oxygen atoms in total. The van der Waals surface area contributed by atoms with Crippen LogP contribution >= 0.6 is 15.9 Å². The maximum absolute atomic E-state index is 6.15. The van der Waals surface area contributed by atoms with Crippen LogP contribution in [0.15, 0.2) is 36.8 Å². The molecule has 0 aliphatic rings. The summed E-state index contributed by atoms with van der Waals surface area (Å²) < 4.78 is 2.13. The first-order chi connectivity index (χ1) is 12.2. The Hall–Kier alpha value is -2.12. The van der Waals surface area contributed by atoms with Crippen LogP contribution < -0.4 is 11.2 Å². The molecule has 0 spiro atoms. The predicted molar refractivity (Wildman–Crippen MR) is 106 cm³/mol. The summed E-state index contributed by atoms with van der Waals surface area (Å²) in [5, 5.41) is 1.99. The molecule has 1 unspecified atom stereocenters. The average Bonchev–Trinajstić information content (AvgIpc) is 3.05. The smallest absolute Gasteiger partial charge is 0.152 e. The number of hydrogen-bond donors (Lipinski definition) is 2. The summed E-state index contributed by atoms with van der Waals surface area (Å²) in [6, 6.07) is 6.40. The van der Waals surface area contributed by atoms with Crippen LogP contribution in [0.5, 0.6) is 0 Å². The zero-order valence-corrected chi connectivity index (χ0v) is 16.0. The number of benzene rings is 1. The number of nitrogen functional groups attached to an aromatic ring is 1. The summed E-state index contributed by atoms with van der Waals surface area (Å²) in [6.45, 7) is 2.99. The molecule has 0 saturated heterocycles. The van der Waals surface area contributed by atoms with Crippen LogP contribution in [0.25, 0.3) is 21.9 Å². The summed E-state index contributed by atoms with van der Waals surface area (Å²) in [5.41, 5.74) is 12.8. The Morgan fingerprint density at radius 3 is 3.04 bits per heavy atom. The first-order valence-electron chi connectivity index (χ1n) is 8.19. The molecular formula is C18H22BrN5O. The number of allylic oxidation sites excluding steroid dienone is 1. The second kappa shape index (κ2) is 7.84. The standard InChI is InChI=1S/C18H22BrN5O/c1-12(10-19)13-5-6-14-15(9-13)23-18(20)16-17(14)24(11-21-16)8-4-3-7-22-25-2/h3,5-7,9,11-12,22H,4,8,10H2,1-2H3,(H2,20,23). The molecule has 3 rings (SSSR count). The minimum absolute atomic E-state index is 0.423. The van der Waals surface area contributed by atoms with Gasteiger partial charge in [0.25, 0.3) is 0 Å². The van der Waals surface area contributed by atoms with Crippen LogP contribution in [0.1, 0.15) is 24.8 Å². The molecular weight excluding hydrogens is 382 g/mol. The molecule has 0 aliphatic heterocycles. The van der Waals surface area contributed by atoms with Gasteiger partial charge in [-0.25, -0.2) is 9.97 Å². The largest absolute Gasteiger partial charge is 0.382 e. The molecule has 2 heterocycles. The fourth-order valence-electron chi connectivity index (χ4n) is 2.85. The van der Waals surface area contributed by atoms with Crippen molar-refractivity contribution in [2.75, 3.05) is 18.2 Å². The Bertz CT molecular complexity index is 905. The highest BCUT2D eigenvalue weighted by Gasteiger charge is 2.13. The van der Waals surface area contributed by atoms with Crippen LogP contribution in [0.2, 0.25) is 0 Å². The van der Waals surface area contributed by atoms with Gasteiger partial charge in [-0.1, -0.05) is 41.1 Å². The number of aromatic nitrogens is 3. The van der Waals surface area contributed by atoms with Crippen molar-refractivity contribution in [1.29, 1.82) is 0 Å². The lowest BCUT2D eigenvalue weighted by atomic mass is 10.0. The summed E-state index contributed by atoms with van der Waals surface area (Å²) >= 11 is 3.54. The summed E-state index contributed by atoms with van der Waals surface area (Å²) in [7, 11) is 1.58. The Kier molecular flexibility index (Phi) is 5.55. The van der Waals surface area contributed by atoms with Gasteiger partial charge in [0.2, 0.25) is 0 Å². The van der Waals surface area contributed by atoms with Gasteiger partial charge in [-0.2, -0.15) is 0 Å². The molecule has 1 atom stereocenters. The lowest BCUT2D eigenvalue weighted by molar-refractivity contribution is 0.128. The fraction of sp³-hybridized carbons (Fsp3) is 0.333. The van der Waals surface area contributed by atoms with Gasteiger partial charge in [-0.15, -0.1) is 0 Å². The van der Waals surface area contributed by atoms with E-state index in [1.807, 2.05) is 12.4 Å². The van der Waals surface area contributed by atoms with E-state index in [1.165, 1.54) is 5.56 Å². The molecule has 3 N–H and O–H groups in total. The lowest BCUT2D eigenvalue weighted by Crippen LogP contribution is -2.02. The number of halogens is 1. The van der Waals surface area contributed by atoms with E-state index in [2.05, 4.69) is 61.1 Å². The second-order valence-electron chi connectivity index (χ2n) is 5.98. The van der Waals surface area contributed by atoms with E-state index in [9.17, 15) is 0 Å². The molecule has 3 aromatic rings. The normalized spacial score (nSPS) is 13.1. The van der Waals surface area contributed by atoms with Crippen molar-refractivity contribution >= 4 is 43.7 Å². The number of nitrogens with two attached hydrogens (primary N) is 1. The number of pyridine rings is 1. The number of nitrogens with one attached hydrogen (secondary N) is 1. The number of imidazole rings is 1. The molecule has 0 fully saturated rings. The third-order valence-corrected chi connectivity index (χ3v) is 5.21. The minimum Gasteiger partial charge on any atom is -0.382 e. The third kappa shape index (κ3) is 3.62. The Balaban J connectivity index is 2.02. The predicted octanol–water partition coefficient (Wildman–Crippen LogP) is 3.72. The average molecular weight is 404 g/mol. The highest BCUT2D eigenvalue weighted by molar-refractivity contribution is 9.09. The van der Waals surface area contributed by atoms with Gasteiger partial charge in [0, 0.05) is 23.5 Å². The van der Waals surface area contributed by atoms with E-state index >= 15 is 0 Å². The number of aryl methyl sites for hydroxylation is 1. The zero-order valence-electron chi connectivity index (χ0n) is 14.4. The topological polar surface area (TPSA) is 78.0 Å². The number of anilines is 1. The van der Waals surface area contributed by atoms with Crippen molar-refractivity contribution in [3.05, 3.63) is 42.4 Å². The van der Waals surface area contributed by atoms with Gasteiger partial charge in [0.05, 0.1) is 24.5 Å². The SMILES string of the molecule is CONC=CCCn1cnc2c(N)nc3cc(C(C)CBr)ccc3c21. The molecule has 0 aliphatic carbocycles. The van der Waals surface area contributed by atoms with Gasteiger partial charge in [-0.05, 0) is 24.0 Å². The van der Waals surface area contributed by atoms with Crippen LogP contribution in [-0.2, 0) is 11.4 Å². The Labute approximate surface area is 155 Å². The van der Waals surface area contributed by atoms with E-state index in [0.29, 0.717) is 11.7 Å². The van der Waals surface area contributed by atoms with Crippen molar-refractivity contribution in [2.24, 2.45) is 0 Å². The van der Waals surface area contributed by atoms with Crippen molar-refractivity contribution in [1.82, 2.24) is 20.0 Å². The molecule has 0 radical (unpaired) electrons. The molecule has 1 aromatic carbocycles. The van der Waals surface area contributed by atoms with Gasteiger partial charge < -0.3 is 10.3 Å². The van der Waals surface area contributed by atoms with Crippen LogP contribution in [0, 0.1) is 0 Å². The van der Waals surface area contributed by atoms with E-state index in [0.717, 1.165) is 40.2 Å². The quantitative estimate of drug-likeness (QED) is 0.464. The lowest BCUT2D eigenvalue weighted by Gasteiger charge is -2.11. The van der Waals surface area contributed by atoms with Gasteiger partial charge in [-0.3, -0.25) is 10.3 Å². The van der Waals surface area contributed by atoms with Crippen molar-refractivity contribution in [2.45, 2.75) is 25.8 Å². The highest BCUT2D eigenvalue weighted by atomic mass is 79.9. The second-order valence-corrected chi connectivity index (χ2v) is 6.62. The fourth-order valence-corrected chi connectivity index (χ4v) is 3.23. The van der Waals surface area contributed by atoms with Crippen LogP contribution in [0.3, 0.4) is 0 Å². The molecule has 0 bridgehead atoms. The van der Waals surface area contributed by atoms with Crippen LogP contribution in [-0.4, -0.2) is 27.0 Å². The molecule has 2 aromatic heterocycles. The summed E-state index contributed by atoms with van der Waals surface area (Å²) in [6.07, 6.45) is 6.47. The Morgan fingerprint density at radius 2 is 2.28 bits per heavy atom. The maximum Gasteiger partial charge on any atom is 0.152 e. The first-order valence-corrected chi connectivity index (χ1v) is 9.31. The monoisotopic (exact) mass is 403 g/mol. The number of rotatable bonds is 7.